The number of aromatic nitrogens is 3. The maximum absolute atomic E-state index is 8.74. The van der Waals surface area contributed by atoms with E-state index in [0.717, 1.165) is 0 Å². The van der Waals surface area contributed by atoms with Crippen molar-refractivity contribution in [1.82, 2.24) is 15.0 Å². The van der Waals surface area contributed by atoms with E-state index in [1.54, 1.807) is 74.5 Å². The summed E-state index contributed by atoms with van der Waals surface area (Å²) in [5.41, 5.74) is 11.1. The van der Waals surface area contributed by atoms with Crippen LogP contribution >= 0.6 is 0 Å². The molecule has 0 aliphatic carbocycles. The third kappa shape index (κ3) is 12.8. The number of nitrogens with two attached hydrogens (primary N) is 1. The number of aryl methyl sites for hydroxylation is 2. The molecule has 4 aromatic carbocycles. The molecule has 58 heavy (non-hydrogen) atoms. The second kappa shape index (κ2) is 22.3. The van der Waals surface area contributed by atoms with Gasteiger partial charge in [-0.15, -0.1) is 10.2 Å². The van der Waals surface area contributed by atoms with Gasteiger partial charge in [0.2, 0.25) is 5.95 Å². The molecule has 0 fully saturated rings. The Morgan fingerprint density at radius 2 is 0.897 bits per heavy atom. The lowest BCUT2D eigenvalue weighted by Gasteiger charge is -2.13. The van der Waals surface area contributed by atoms with Gasteiger partial charge in [-0.3, -0.25) is 21.0 Å². The summed E-state index contributed by atoms with van der Waals surface area (Å²) >= 11 is 0. The topological polar surface area (TPSA) is 281 Å². The lowest BCUT2D eigenvalue weighted by atomic mass is 10.1. The number of methoxy groups -OCH3 is 4. The molecule has 0 radical (unpaired) electrons. The van der Waals surface area contributed by atoms with Crippen molar-refractivity contribution in [3.8, 4) is 23.0 Å². The molecule has 0 spiro atoms. The van der Waals surface area contributed by atoms with Gasteiger partial charge in [-0.1, -0.05) is 12.1 Å². The van der Waals surface area contributed by atoms with Gasteiger partial charge >= 0.3 is 0 Å². The van der Waals surface area contributed by atoms with Gasteiger partial charge in [0, 0.05) is 24.3 Å². The Labute approximate surface area is 332 Å². The third-order valence-corrected chi connectivity index (χ3v) is 7.68. The van der Waals surface area contributed by atoms with Crippen molar-refractivity contribution in [2.24, 2.45) is 20.5 Å². The average Bonchev–Trinajstić information content (AvgIpc) is 3.19. The monoisotopic (exact) mass is 805 g/mol. The van der Waals surface area contributed by atoms with Crippen molar-refractivity contribution >= 4 is 40.1 Å². The van der Waals surface area contributed by atoms with E-state index in [1.165, 1.54) is 28.4 Å². The number of nitrogens with one attached hydrogen (secondary N) is 1. The minimum atomic E-state index is -0.0602. The van der Waals surface area contributed by atoms with Gasteiger partial charge in [-0.25, -0.2) is 24.5 Å². The summed E-state index contributed by atoms with van der Waals surface area (Å²) in [5.74, 6) is 3.33. The summed E-state index contributed by atoms with van der Waals surface area (Å²) in [6, 6.07) is 16.6. The number of ether oxygens (including phenoxy) is 4. The van der Waals surface area contributed by atoms with Gasteiger partial charge in [0.25, 0.3) is 0 Å². The number of nitrogen functional groups attached to an aromatic ring is 1. The highest BCUT2D eigenvalue weighted by molar-refractivity contribution is 5.72. The predicted octanol–water partition coefficient (Wildman–Crippen LogP) is 8.32. The standard InChI is InChI=1S/C21H24N6O6.C16H19N3O6/c1-12-22-13(2)24-21(23-12)25-17-8-20(31-4)18(9-19(17)30-3)27-26-16-6-14(10-32-28)5-15(7-16)11-33-29;1-22-15-7-14(16(23-2)6-13(15)17)19-18-12-4-10(8-24-20)3-11(5-12)9-25-21/h5-9,28-29H,10-11H2,1-4H3,(H,22,23,24,25);3-7,20-21H,8-9,17H2,1-2H3. The van der Waals surface area contributed by atoms with Crippen LogP contribution in [-0.4, -0.2) is 64.4 Å². The zero-order chi connectivity index (χ0) is 42.0. The molecule has 0 saturated carbocycles. The van der Waals surface area contributed by atoms with E-state index in [0.29, 0.717) is 97.0 Å². The Morgan fingerprint density at radius 3 is 1.29 bits per heavy atom. The highest BCUT2D eigenvalue weighted by Crippen LogP contribution is 2.40. The number of hydrogen-bond acceptors (Lipinski definition) is 21. The fraction of sp³-hybridized carbons (Fsp3) is 0.270. The summed E-state index contributed by atoms with van der Waals surface area (Å²) < 4.78 is 21.4. The van der Waals surface area contributed by atoms with Crippen LogP contribution < -0.4 is 30.0 Å². The molecule has 0 aliphatic rings. The average molecular weight is 806 g/mol. The molecule has 7 N–H and O–H groups in total. The van der Waals surface area contributed by atoms with Crippen molar-refractivity contribution in [1.29, 1.82) is 0 Å². The Bertz CT molecular complexity index is 2120. The first-order valence-electron chi connectivity index (χ1n) is 16.9. The third-order valence-electron chi connectivity index (χ3n) is 7.68. The van der Waals surface area contributed by atoms with E-state index >= 15 is 0 Å². The molecule has 5 aromatic rings. The molecule has 21 heteroatoms. The van der Waals surface area contributed by atoms with E-state index in [9.17, 15) is 0 Å². The van der Waals surface area contributed by atoms with E-state index in [2.05, 4.69) is 60.3 Å². The maximum atomic E-state index is 8.74. The van der Waals surface area contributed by atoms with Gasteiger partial charge in [-0.05, 0) is 60.4 Å². The lowest BCUT2D eigenvalue weighted by molar-refractivity contribution is -0.254. The molecule has 308 valence electrons. The second-order valence-electron chi connectivity index (χ2n) is 11.9. The molecule has 0 aliphatic heterocycles. The van der Waals surface area contributed by atoms with Crippen molar-refractivity contribution in [2.45, 2.75) is 40.3 Å². The van der Waals surface area contributed by atoms with Gasteiger partial charge in [0.15, 0.2) is 0 Å². The number of benzene rings is 4. The van der Waals surface area contributed by atoms with Crippen LogP contribution in [0, 0.1) is 13.8 Å². The highest BCUT2D eigenvalue weighted by Gasteiger charge is 2.14. The van der Waals surface area contributed by atoms with Crippen LogP contribution in [0.2, 0.25) is 0 Å². The smallest absolute Gasteiger partial charge is 0.230 e. The van der Waals surface area contributed by atoms with Crippen molar-refractivity contribution in [3.63, 3.8) is 0 Å². The highest BCUT2D eigenvalue weighted by atomic mass is 17.1. The van der Waals surface area contributed by atoms with E-state index in [-0.39, 0.29) is 26.4 Å². The lowest BCUT2D eigenvalue weighted by Crippen LogP contribution is -2.04. The zero-order valence-corrected chi connectivity index (χ0v) is 32.4. The molecule has 1 heterocycles. The van der Waals surface area contributed by atoms with E-state index in [4.69, 9.17) is 45.7 Å². The first kappa shape index (κ1) is 44.3. The van der Waals surface area contributed by atoms with Gasteiger partial charge < -0.3 is 30.0 Å². The number of anilines is 3. The van der Waals surface area contributed by atoms with E-state index in [1.807, 2.05) is 0 Å². The van der Waals surface area contributed by atoms with Crippen LogP contribution in [0.4, 0.5) is 40.1 Å². The van der Waals surface area contributed by atoms with E-state index < -0.39 is 0 Å². The SMILES string of the molecule is COc1cc(N=Nc2cc(COO)cc(COO)c2)c(OC)cc1N.COc1cc(Nc2nc(C)nc(C)n2)c(OC)cc1N=Nc1cc(COO)cc(COO)c1. The Kier molecular flexibility index (Phi) is 17.1. The molecular formula is C37H43N9O12. The van der Waals surface area contributed by atoms with Crippen LogP contribution in [0.1, 0.15) is 33.9 Å². The Hall–Kier alpha value is -6.43. The summed E-state index contributed by atoms with van der Waals surface area (Å²) in [5, 5.41) is 54.7. The molecule has 21 nitrogen and oxygen atoms in total. The molecule has 0 atom stereocenters. The number of nitrogens with zero attached hydrogens (tertiary/aromatic N) is 7. The number of azo groups is 2. The van der Waals surface area contributed by atoms with Gasteiger partial charge in [-0.2, -0.15) is 20.2 Å². The summed E-state index contributed by atoms with van der Waals surface area (Å²) in [6.45, 7) is 3.36. The van der Waals surface area contributed by atoms with Gasteiger partial charge in [0.05, 0.1) is 51.2 Å². The molecular weight excluding hydrogens is 762 g/mol. The van der Waals surface area contributed by atoms with Crippen LogP contribution in [0.25, 0.3) is 0 Å². The Balaban J connectivity index is 0.000000267. The first-order valence-corrected chi connectivity index (χ1v) is 16.9. The summed E-state index contributed by atoms with van der Waals surface area (Å²) in [7, 11) is 6.03. The molecule has 0 saturated heterocycles. The Morgan fingerprint density at radius 1 is 0.500 bits per heavy atom. The molecule has 0 unspecified atom stereocenters. The maximum Gasteiger partial charge on any atom is 0.230 e. The summed E-state index contributed by atoms with van der Waals surface area (Å²) in [4.78, 5) is 29.4. The molecule has 0 amide bonds. The normalized spacial score (nSPS) is 11.1. The van der Waals surface area contributed by atoms with Crippen LogP contribution in [0.3, 0.4) is 0 Å². The van der Waals surface area contributed by atoms with Crippen molar-refractivity contribution < 1.29 is 59.5 Å². The number of rotatable bonds is 18. The molecule has 5 rings (SSSR count). The van der Waals surface area contributed by atoms with Crippen LogP contribution in [0.15, 0.2) is 81.1 Å². The molecule has 0 bridgehead atoms. The van der Waals surface area contributed by atoms with Crippen LogP contribution in [0.5, 0.6) is 23.0 Å². The van der Waals surface area contributed by atoms with Crippen molar-refractivity contribution in [3.05, 3.63) is 94.6 Å². The van der Waals surface area contributed by atoms with Crippen molar-refractivity contribution in [2.75, 3.05) is 39.5 Å². The zero-order valence-electron chi connectivity index (χ0n) is 32.4. The van der Waals surface area contributed by atoms with Crippen LogP contribution in [-0.2, 0) is 46.0 Å². The minimum Gasteiger partial charge on any atom is -0.495 e. The quantitative estimate of drug-likeness (QED) is 0.0210. The van der Waals surface area contributed by atoms with Gasteiger partial charge in [0.1, 0.15) is 72.4 Å². The predicted molar refractivity (Wildman–Crippen MR) is 207 cm³/mol. The summed E-state index contributed by atoms with van der Waals surface area (Å²) in [6.07, 6.45) is 0. The molecule has 1 aromatic heterocycles. The number of hydrogen-bond donors (Lipinski definition) is 6. The fourth-order valence-electron chi connectivity index (χ4n) is 5.29. The first-order chi connectivity index (χ1) is 28.1. The fourth-order valence-corrected chi connectivity index (χ4v) is 5.29. The largest absolute Gasteiger partial charge is 0.495 e. The second-order valence-corrected chi connectivity index (χ2v) is 11.9. The minimum absolute atomic E-state index is 0.0409.